The quantitative estimate of drug-likeness (QED) is 0.558. The zero-order valence-electron chi connectivity index (χ0n) is 7.53. The summed E-state index contributed by atoms with van der Waals surface area (Å²) in [6, 6.07) is 0. The molecule has 0 bridgehead atoms. The van der Waals surface area contributed by atoms with E-state index in [1.54, 1.807) is 7.11 Å². The lowest BCUT2D eigenvalue weighted by atomic mass is 10.1. The van der Waals surface area contributed by atoms with Crippen LogP contribution in [0.25, 0.3) is 0 Å². The molecule has 0 unspecified atom stereocenters. The zero-order chi connectivity index (χ0) is 8.97. The Hall–Kier alpha value is -0.610. The first kappa shape index (κ1) is 9.48. The average molecular weight is 173 g/mol. The monoisotopic (exact) mass is 173 g/mol. The molecule has 2 atom stereocenters. The van der Waals surface area contributed by atoms with Crippen LogP contribution in [0.2, 0.25) is 0 Å². The number of likely N-dealkylation sites (tertiary alicyclic amines) is 1. The van der Waals surface area contributed by atoms with Crippen LogP contribution >= 0.6 is 0 Å². The summed E-state index contributed by atoms with van der Waals surface area (Å²) < 4.78 is 10.1. The molecule has 1 heterocycles. The number of likely N-dealkylation sites (N-methyl/N-ethyl adjacent to an activating group) is 1. The molecular formula is C8H15NO3. The van der Waals surface area contributed by atoms with Crippen molar-refractivity contribution in [1.29, 1.82) is 0 Å². The van der Waals surface area contributed by atoms with Gasteiger partial charge in [0.25, 0.3) is 6.47 Å². The number of hydrogen-bond donors (Lipinski definition) is 0. The van der Waals surface area contributed by atoms with E-state index in [-0.39, 0.29) is 12.2 Å². The maximum atomic E-state index is 10.1. The number of piperidine rings is 1. The van der Waals surface area contributed by atoms with Crippen molar-refractivity contribution < 1.29 is 14.3 Å². The van der Waals surface area contributed by atoms with Crippen LogP contribution in [0.4, 0.5) is 0 Å². The Balaban J connectivity index is 2.44. The topological polar surface area (TPSA) is 38.8 Å². The summed E-state index contributed by atoms with van der Waals surface area (Å²) in [7, 11) is 3.67. The fourth-order valence-corrected chi connectivity index (χ4v) is 1.50. The standard InChI is InChI=1S/C8H15NO3/c1-9-4-3-7(12-6-10)8(5-9)11-2/h6-8H,3-5H2,1-2H3/t7-,8+/m1/s1. The van der Waals surface area contributed by atoms with Crippen molar-refractivity contribution in [3.8, 4) is 0 Å². The second-order valence-electron chi connectivity index (χ2n) is 3.10. The van der Waals surface area contributed by atoms with Crippen molar-refractivity contribution >= 4 is 6.47 Å². The van der Waals surface area contributed by atoms with Crippen LogP contribution in [0.15, 0.2) is 0 Å². The van der Waals surface area contributed by atoms with Gasteiger partial charge in [0, 0.05) is 20.2 Å². The van der Waals surface area contributed by atoms with Gasteiger partial charge >= 0.3 is 0 Å². The smallest absolute Gasteiger partial charge is 0.293 e. The molecule has 0 aliphatic carbocycles. The first-order chi connectivity index (χ1) is 5.77. The second kappa shape index (κ2) is 4.42. The number of nitrogens with zero attached hydrogens (tertiary/aromatic N) is 1. The Bertz CT molecular complexity index is 151. The molecule has 4 heteroatoms. The molecule has 0 saturated carbocycles. The fraction of sp³-hybridized carbons (Fsp3) is 0.875. The second-order valence-corrected chi connectivity index (χ2v) is 3.10. The lowest BCUT2D eigenvalue weighted by Crippen LogP contribution is -2.46. The number of rotatable bonds is 3. The molecule has 1 fully saturated rings. The van der Waals surface area contributed by atoms with Crippen molar-refractivity contribution in [2.75, 3.05) is 27.2 Å². The highest BCUT2D eigenvalue weighted by Crippen LogP contribution is 2.14. The van der Waals surface area contributed by atoms with Gasteiger partial charge in [-0.25, -0.2) is 0 Å². The average Bonchev–Trinajstić information content (AvgIpc) is 2.08. The Labute approximate surface area is 72.4 Å². The largest absolute Gasteiger partial charge is 0.462 e. The van der Waals surface area contributed by atoms with E-state index in [0.717, 1.165) is 19.5 Å². The lowest BCUT2D eigenvalue weighted by Gasteiger charge is -2.34. The summed E-state index contributed by atoms with van der Waals surface area (Å²) >= 11 is 0. The van der Waals surface area contributed by atoms with E-state index in [1.807, 2.05) is 7.05 Å². The molecule has 0 N–H and O–H groups in total. The summed E-state index contributed by atoms with van der Waals surface area (Å²) in [6.45, 7) is 2.29. The molecule has 0 aromatic carbocycles. The van der Waals surface area contributed by atoms with E-state index in [9.17, 15) is 4.79 Å². The van der Waals surface area contributed by atoms with Crippen LogP contribution in [-0.2, 0) is 14.3 Å². The number of methoxy groups -OCH3 is 1. The van der Waals surface area contributed by atoms with Crippen molar-refractivity contribution in [2.24, 2.45) is 0 Å². The van der Waals surface area contributed by atoms with Crippen LogP contribution in [0.3, 0.4) is 0 Å². The Morgan fingerprint density at radius 1 is 1.50 bits per heavy atom. The summed E-state index contributed by atoms with van der Waals surface area (Å²) in [5.41, 5.74) is 0. The fourth-order valence-electron chi connectivity index (χ4n) is 1.50. The van der Waals surface area contributed by atoms with Crippen LogP contribution < -0.4 is 0 Å². The predicted octanol–water partition coefficient (Wildman–Crippen LogP) is -0.121. The predicted molar refractivity (Wildman–Crippen MR) is 43.8 cm³/mol. The molecular weight excluding hydrogens is 158 g/mol. The lowest BCUT2D eigenvalue weighted by molar-refractivity contribution is -0.145. The van der Waals surface area contributed by atoms with Crippen LogP contribution in [-0.4, -0.2) is 50.8 Å². The number of hydrogen-bond acceptors (Lipinski definition) is 4. The molecule has 12 heavy (non-hydrogen) atoms. The summed E-state index contributed by atoms with van der Waals surface area (Å²) in [4.78, 5) is 12.3. The van der Waals surface area contributed by atoms with Crippen LogP contribution in [0, 0.1) is 0 Å². The minimum Gasteiger partial charge on any atom is -0.462 e. The summed E-state index contributed by atoms with van der Waals surface area (Å²) in [5, 5.41) is 0. The molecule has 1 rings (SSSR count). The molecule has 0 amide bonds. The maximum Gasteiger partial charge on any atom is 0.293 e. The van der Waals surface area contributed by atoms with Crippen molar-refractivity contribution in [1.82, 2.24) is 4.90 Å². The van der Waals surface area contributed by atoms with Gasteiger partial charge in [0.1, 0.15) is 12.2 Å². The van der Waals surface area contributed by atoms with Gasteiger partial charge in [-0.15, -0.1) is 0 Å². The van der Waals surface area contributed by atoms with Gasteiger partial charge in [-0.2, -0.15) is 0 Å². The SMILES string of the molecule is CO[C@H]1CN(C)CC[C@H]1OC=O. The van der Waals surface area contributed by atoms with Crippen molar-refractivity contribution in [3.63, 3.8) is 0 Å². The van der Waals surface area contributed by atoms with E-state index in [0.29, 0.717) is 6.47 Å². The van der Waals surface area contributed by atoms with Gasteiger partial charge < -0.3 is 14.4 Å². The van der Waals surface area contributed by atoms with E-state index < -0.39 is 0 Å². The Morgan fingerprint density at radius 3 is 2.83 bits per heavy atom. The number of ether oxygens (including phenoxy) is 2. The molecule has 0 spiro atoms. The van der Waals surface area contributed by atoms with E-state index in [4.69, 9.17) is 9.47 Å². The van der Waals surface area contributed by atoms with Gasteiger partial charge in [0.05, 0.1) is 0 Å². The minimum atomic E-state index is -0.0660. The normalized spacial score (nSPS) is 31.5. The van der Waals surface area contributed by atoms with Gasteiger partial charge in [0.15, 0.2) is 0 Å². The van der Waals surface area contributed by atoms with Gasteiger partial charge in [-0.3, -0.25) is 4.79 Å². The molecule has 1 aliphatic heterocycles. The molecule has 1 aliphatic rings. The van der Waals surface area contributed by atoms with Crippen LogP contribution in [0.1, 0.15) is 6.42 Å². The van der Waals surface area contributed by atoms with Gasteiger partial charge in [-0.05, 0) is 13.5 Å². The Morgan fingerprint density at radius 2 is 2.25 bits per heavy atom. The van der Waals surface area contributed by atoms with E-state index in [2.05, 4.69) is 4.90 Å². The summed E-state index contributed by atoms with van der Waals surface area (Å²) in [6.07, 6.45) is 0.811. The van der Waals surface area contributed by atoms with Gasteiger partial charge in [-0.1, -0.05) is 0 Å². The number of carbonyl (C=O) groups is 1. The first-order valence-electron chi connectivity index (χ1n) is 4.08. The summed E-state index contributed by atoms with van der Waals surface area (Å²) in [5.74, 6) is 0. The third kappa shape index (κ3) is 2.19. The minimum absolute atomic E-state index is 0.0222. The highest BCUT2D eigenvalue weighted by Gasteiger charge is 2.28. The third-order valence-corrected chi connectivity index (χ3v) is 2.23. The molecule has 4 nitrogen and oxygen atoms in total. The Kier molecular flexibility index (Phi) is 3.49. The molecule has 1 saturated heterocycles. The van der Waals surface area contributed by atoms with Crippen LogP contribution in [0.5, 0.6) is 0 Å². The third-order valence-electron chi connectivity index (χ3n) is 2.23. The van der Waals surface area contributed by atoms with E-state index in [1.165, 1.54) is 0 Å². The highest BCUT2D eigenvalue weighted by molar-refractivity contribution is 5.37. The van der Waals surface area contributed by atoms with E-state index >= 15 is 0 Å². The molecule has 0 radical (unpaired) electrons. The van der Waals surface area contributed by atoms with Crippen molar-refractivity contribution in [3.05, 3.63) is 0 Å². The molecule has 0 aromatic rings. The maximum absolute atomic E-state index is 10.1. The molecule has 70 valence electrons. The molecule has 0 aromatic heterocycles. The zero-order valence-corrected chi connectivity index (χ0v) is 7.53. The van der Waals surface area contributed by atoms with Crippen molar-refractivity contribution in [2.45, 2.75) is 18.6 Å². The highest BCUT2D eigenvalue weighted by atomic mass is 16.6. The van der Waals surface area contributed by atoms with Gasteiger partial charge in [0.2, 0.25) is 0 Å². The first-order valence-corrected chi connectivity index (χ1v) is 4.08. The number of carbonyl (C=O) groups excluding carboxylic acids is 1.